The Morgan fingerprint density at radius 3 is 2.50 bits per heavy atom. The Balaban J connectivity index is 1.95. The average molecular weight is 265 g/mol. The number of nitrogens with one attached hydrogen (secondary N) is 1. The van der Waals surface area contributed by atoms with E-state index < -0.39 is 0 Å². The minimum atomic E-state index is -0.0176. The van der Waals surface area contributed by atoms with Gasteiger partial charge in [0.25, 0.3) is 0 Å². The summed E-state index contributed by atoms with van der Waals surface area (Å²) >= 11 is 0. The van der Waals surface area contributed by atoms with Crippen molar-refractivity contribution in [2.75, 3.05) is 5.32 Å². The van der Waals surface area contributed by atoms with Crippen LogP contribution < -0.4 is 5.32 Å². The minimum Gasteiger partial charge on any atom is -0.326 e. The second-order valence-electron chi connectivity index (χ2n) is 4.31. The molecule has 0 saturated heterocycles. The van der Waals surface area contributed by atoms with Crippen LogP contribution in [0.1, 0.15) is 19.3 Å². The van der Waals surface area contributed by atoms with Gasteiger partial charge in [0.15, 0.2) is 0 Å². The van der Waals surface area contributed by atoms with Gasteiger partial charge in [0, 0.05) is 36.5 Å². The summed E-state index contributed by atoms with van der Waals surface area (Å²) in [5.41, 5.74) is 2.73. The molecule has 0 aliphatic carbocycles. The van der Waals surface area contributed by atoms with Crippen LogP contribution in [0.25, 0.3) is 11.1 Å². The highest BCUT2D eigenvalue weighted by atomic mass is 16.1. The minimum absolute atomic E-state index is 0.0176. The molecule has 100 valence electrons. The predicted molar refractivity (Wildman–Crippen MR) is 78.8 cm³/mol. The van der Waals surface area contributed by atoms with Gasteiger partial charge in [-0.25, -0.2) is 9.97 Å². The molecule has 4 nitrogen and oxygen atoms in total. The third-order valence-corrected chi connectivity index (χ3v) is 2.79. The van der Waals surface area contributed by atoms with Crippen molar-refractivity contribution in [3.63, 3.8) is 0 Å². The number of hydrogen-bond donors (Lipinski definition) is 1. The molecule has 1 N–H and O–H groups in total. The van der Waals surface area contributed by atoms with Crippen molar-refractivity contribution in [1.29, 1.82) is 0 Å². The van der Waals surface area contributed by atoms with Crippen LogP contribution in [-0.4, -0.2) is 15.9 Å². The van der Waals surface area contributed by atoms with Crippen molar-refractivity contribution in [2.24, 2.45) is 0 Å². The summed E-state index contributed by atoms with van der Waals surface area (Å²) in [5, 5.41) is 2.84. The van der Waals surface area contributed by atoms with Crippen LogP contribution >= 0.6 is 0 Å². The lowest BCUT2D eigenvalue weighted by Crippen LogP contribution is -2.10. The lowest BCUT2D eigenvalue weighted by atomic mass is 10.1. The number of carbonyl (C=O) groups is 1. The topological polar surface area (TPSA) is 54.9 Å². The molecule has 0 atom stereocenters. The Hall–Kier alpha value is -2.67. The quantitative estimate of drug-likeness (QED) is 0.668. The molecular formula is C16H15N3O. The Kier molecular flexibility index (Phi) is 4.85. The third kappa shape index (κ3) is 3.92. The summed E-state index contributed by atoms with van der Waals surface area (Å²) in [7, 11) is 0. The number of carbonyl (C=O) groups excluding carboxylic acids is 1. The summed E-state index contributed by atoms with van der Waals surface area (Å²) in [6.45, 7) is 0. The highest BCUT2D eigenvalue weighted by Gasteiger charge is 2.02. The molecule has 0 unspecified atom stereocenters. The summed E-state index contributed by atoms with van der Waals surface area (Å²) in [4.78, 5) is 19.6. The normalized spacial score (nSPS) is 9.75. The van der Waals surface area contributed by atoms with E-state index in [-0.39, 0.29) is 5.91 Å². The number of rotatable bonds is 5. The standard InChI is InChI=1S/C16H15N3O/c1-2-3-4-5-16(20)19-15-8-6-13(7-9-15)14-10-17-12-18-11-14/h1,6-12H,3-5H2,(H,19,20). The fraction of sp³-hybridized carbons (Fsp3) is 0.188. The smallest absolute Gasteiger partial charge is 0.224 e. The van der Waals surface area contributed by atoms with Crippen LogP contribution in [0.4, 0.5) is 5.69 Å². The van der Waals surface area contributed by atoms with Gasteiger partial charge in [0.2, 0.25) is 5.91 Å². The van der Waals surface area contributed by atoms with E-state index in [1.165, 1.54) is 6.33 Å². The molecule has 1 amide bonds. The van der Waals surface area contributed by atoms with Crippen LogP contribution in [0, 0.1) is 12.3 Å². The Bertz CT molecular complexity index is 600. The van der Waals surface area contributed by atoms with Gasteiger partial charge in [0.05, 0.1) is 0 Å². The predicted octanol–water partition coefficient (Wildman–Crippen LogP) is 2.89. The SMILES string of the molecule is C#CCCCC(=O)Nc1ccc(-c2cncnc2)cc1. The molecule has 0 bridgehead atoms. The maximum absolute atomic E-state index is 11.6. The molecule has 1 aromatic heterocycles. The lowest BCUT2D eigenvalue weighted by molar-refractivity contribution is -0.116. The van der Waals surface area contributed by atoms with Gasteiger partial charge in [-0.05, 0) is 24.1 Å². The first-order valence-corrected chi connectivity index (χ1v) is 6.38. The monoisotopic (exact) mass is 265 g/mol. The fourth-order valence-electron chi connectivity index (χ4n) is 1.77. The van der Waals surface area contributed by atoms with Crippen LogP contribution in [0.3, 0.4) is 0 Å². The van der Waals surface area contributed by atoms with Crippen molar-refractivity contribution in [3.05, 3.63) is 43.0 Å². The molecule has 1 heterocycles. The first-order valence-electron chi connectivity index (χ1n) is 6.38. The van der Waals surface area contributed by atoms with Gasteiger partial charge in [0.1, 0.15) is 6.33 Å². The molecule has 2 aromatic rings. The van der Waals surface area contributed by atoms with Gasteiger partial charge in [-0.2, -0.15) is 0 Å². The zero-order valence-corrected chi connectivity index (χ0v) is 11.0. The number of hydrogen-bond acceptors (Lipinski definition) is 3. The van der Waals surface area contributed by atoms with Gasteiger partial charge >= 0.3 is 0 Å². The second-order valence-corrected chi connectivity index (χ2v) is 4.31. The van der Waals surface area contributed by atoms with E-state index in [4.69, 9.17) is 6.42 Å². The van der Waals surface area contributed by atoms with E-state index in [2.05, 4.69) is 21.2 Å². The highest BCUT2D eigenvalue weighted by molar-refractivity contribution is 5.90. The summed E-state index contributed by atoms with van der Waals surface area (Å²) in [6, 6.07) is 7.58. The number of amides is 1. The molecule has 0 aliphatic rings. The van der Waals surface area contributed by atoms with Crippen LogP contribution in [-0.2, 0) is 4.79 Å². The summed E-state index contributed by atoms with van der Waals surface area (Å²) in [5.74, 6) is 2.50. The van der Waals surface area contributed by atoms with Gasteiger partial charge in [-0.15, -0.1) is 12.3 Å². The Morgan fingerprint density at radius 1 is 1.15 bits per heavy atom. The van der Waals surface area contributed by atoms with Crippen molar-refractivity contribution in [1.82, 2.24) is 9.97 Å². The molecule has 0 radical (unpaired) electrons. The van der Waals surface area contributed by atoms with Gasteiger partial charge in [-0.3, -0.25) is 4.79 Å². The molecule has 0 saturated carbocycles. The van der Waals surface area contributed by atoms with E-state index in [0.717, 1.165) is 16.8 Å². The first-order chi connectivity index (χ1) is 9.79. The maximum Gasteiger partial charge on any atom is 0.224 e. The molecule has 20 heavy (non-hydrogen) atoms. The van der Waals surface area contributed by atoms with E-state index in [0.29, 0.717) is 19.3 Å². The van der Waals surface area contributed by atoms with Gasteiger partial charge < -0.3 is 5.32 Å². The van der Waals surface area contributed by atoms with E-state index in [9.17, 15) is 4.79 Å². The Morgan fingerprint density at radius 2 is 1.85 bits per heavy atom. The van der Waals surface area contributed by atoms with Crippen LogP contribution in [0.2, 0.25) is 0 Å². The fourth-order valence-corrected chi connectivity index (χ4v) is 1.77. The number of benzene rings is 1. The molecule has 0 aliphatic heterocycles. The third-order valence-electron chi connectivity index (χ3n) is 2.79. The molecular weight excluding hydrogens is 250 g/mol. The first kappa shape index (κ1) is 13.8. The Labute approximate surface area is 118 Å². The largest absolute Gasteiger partial charge is 0.326 e. The average Bonchev–Trinajstić information content (AvgIpc) is 2.49. The lowest BCUT2D eigenvalue weighted by Gasteiger charge is -2.06. The van der Waals surface area contributed by atoms with Gasteiger partial charge in [-0.1, -0.05) is 12.1 Å². The number of nitrogens with zero attached hydrogens (tertiary/aromatic N) is 2. The van der Waals surface area contributed by atoms with Crippen molar-refractivity contribution < 1.29 is 4.79 Å². The number of terminal acetylenes is 1. The molecule has 2 rings (SSSR count). The number of aromatic nitrogens is 2. The van der Waals surface area contributed by atoms with Crippen molar-refractivity contribution in [2.45, 2.75) is 19.3 Å². The zero-order chi connectivity index (χ0) is 14.2. The molecule has 4 heteroatoms. The maximum atomic E-state index is 11.6. The molecule has 1 aromatic carbocycles. The molecule has 0 fully saturated rings. The zero-order valence-electron chi connectivity index (χ0n) is 11.0. The van der Waals surface area contributed by atoms with E-state index in [1.54, 1.807) is 12.4 Å². The second kappa shape index (κ2) is 7.05. The number of unbranched alkanes of at least 4 members (excludes halogenated alkanes) is 1. The molecule has 0 spiro atoms. The summed E-state index contributed by atoms with van der Waals surface area (Å²) in [6.07, 6.45) is 11.9. The van der Waals surface area contributed by atoms with E-state index in [1.807, 2.05) is 24.3 Å². The highest BCUT2D eigenvalue weighted by Crippen LogP contribution is 2.19. The van der Waals surface area contributed by atoms with E-state index >= 15 is 0 Å². The number of anilines is 1. The van der Waals surface area contributed by atoms with Crippen molar-refractivity contribution >= 4 is 11.6 Å². The summed E-state index contributed by atoms with van der Waals surface area (Å²) < 4.78 is 0. The van der Waals surface area contributed by atoms with Crippen molar-refractivity contribution in [3.8, 4) is 23.5 Å². The van der Waals surface area contributed by atoms with Crippen LogP contribution in [0.5, 0.6) is 0 Å². The van der Waals surface area contributed by atoms with Crippen LogP contribution in [0.15, 0.2) is 43.0 Å².